The highest BCUT2D eigenvalue weighted by molar-refractivity contribution is 7.09. The molecule has 11 nitrogen and oxygen atoms in total. The first-order valence-electron chi connectivity index (χ1n) is 6.60. The molecule has 3 N–H and O–H groups in total. The van der Waals surface area contributed by atoms with E-state index in [0.29, 0.717) is 22.4 Å². The lowest BCUT2D eigenvalue weighted by Gasteiger charge is -2.03. The van der Waals surface area contributed by atoms with E-state index in [2.05, 4.69) is 40.1 Å². The van der Waals surface area contributed by atoms with Gasteiger partial charge in [-0.1, -0.05) is 0 Å². The fourth-order valence-corrected chi connectivity index (χ4v) is 2.24. The van der Waals surface area contributed by atoms with Crippen molar-refractivity contribution in [3.8, 4) is 0 Å². The maximum absolute atomic E-state index is 11.7. The molecule has 12 heteroatoms. The van der Waals surface area contributed by atoms with E-state index in [1.165, 1.54) is 11.6 Å². The number of hydrogen-bond donors (Lipinski definition) is 3. The van der Waals surface area contributed by atoms with Crippen LogP contribution in [0.4, 0.5) is 16.6 Å². The fraction of sp³-hybridized carbons (Fsp3) is 0.364. The van der Waals surface area contributed by atoms with Crippen LogP contribution in [0, 0.1) is 13.8 Å². The van der Waals surface area contributed by atoms with Crippen LogP contribution in [0.2, 0.25) is 0 Å². The van der Waals surface area contributed by atoms with Crippen LogP contribution >= 0.6 is 11.5 Å². The Bertz CT molecular complexity index is 891. The second-order valence-corrected chi connectivity index (χ2v) is 5.46. The minimum atomic E-state index is -1.18. The van der Waals surface area contributed by atoms with E-state index >= 15 is 0 Å². The van der Waals surface area contributed by atoms with Gasteiger partial charge in [-0.2, -0.15) is 4.37 Å². The molecule has 0 fully saturated rings. The second-order valence-electron chi connectivity index (χ2n) is 4.73. The molecule has 3 heterocycles. The average molecular weight is 335 g/mol. The number of nitrogens with zero attached hydrogens (tertiary/aromatic N) is 7. The van der Waals surface area contributed by atoms with Crippen LogP contribution < -0.4 is 5.32 Å². The van der Waals surface area contributed by atoms with Crippen molar-refractivity contribution in [1.82, 2.24) is 29.2 Å². The summed E-state index contributed by atoms with van der Waals surface area (Å²) in [5.41, 5.74) is 0.657. The standard InChI is InChI=1S/C11H13N9O2S/c1-4(21)10(22)14-8-7(9-12-5(2)17-20(9)18-8)15-16-11-13-6(3)19-23-11/h4,21H,1-3H3,(H,12,17)(H,14,18,22). The Morgan fingerprint density at radius 2 is 2.17 bits per heavy atom. The van der Waals surface area contributed by atoms with Gasteiger partial charge in [0.25, 0.3) is 5.91 Å². The third kappa shape index (κ3) is 3.07. The summed E-state index contributed by atoms with van der Waals surface area (Å²) in [7, 11) is 0. The van der Waals surface area contributed by atoms with Crippen molar-refractivity contribution in [3.05, 3.63) is 11.6 Å². The molecule has 0 aromatic carbocycles. The van der Waals surface area contributed by atoms with Gasteiger partial charge in [-0.25, -0.2) is 9.97 Å². The number of aryl methyl sites for hydroxylation is 2. The average Bonchev–Trinajstić information content (AvgIpc) is 3.12. The summed E-state index contributed by atoms with van der Waals surface area (Å²) in [5.74, 6) is 0.761. The van der Waals surface area contributed by atoms with E-state index in [1.54, 1.807) is 13.8 Å². The minimum Gasteiger partial charge on any atom is -0.384 e. The van der Waals surface area contributed by atoms with E-state index in [0.717, 1.165) is 11.5 Å². The molecule has 0 aliphatic carbocycles. The van der Waals surface area contributed by atoms with Gasteiger partial charge < -0.3 is 10.4 Å². The van der Waals surface area contributed by atoms with Crippen molar-refractivity contribution >= 4 is 39.7 Å². The van der Waals surface area contributed by atoms with Gasteiger partial charge >= 0.3 is 0 Å². The summed E-state index contributed by atoms with van der Waals surface area (Å²) < 4.78 is 5.38. The fourth-order valence-electron chi connectivity index (χ4n) is 1.73. The summed E-state index contributed by atoms with van der Waals surface area (Å²) in [6.45, 7) is 4.86. The first kappa shape index (κ1) is 15.2. The van der Waals surface area contributed by atoms with Crippen LogP contribution in [0.1, 0.15) is 18.6 Å². The Balaban J connectivity index is 2.00. The van der Waals surface area contributed by atoms with Crippen molar-refractivity contribution in [2.45, 2.75) is 26.9 Å². The lowest BCUT2D eigenvalue weighted by Crippen LogP contribution is -2.24. The van der Waals surface area contributed by atoms with Crippen LogP contribution in [0.25, 0.3) is 5.65 Å². The number of H-pyrrole nitrogens is 1. The molecular weight excluding hydrogens is 322 g/mol. The molecule has 23 heavy (non-hydrogen) atoms. The number of aromatic amines is 1. The van der Waals surface area contributed by atoms with Crippen molar-refractivity contribution in [2.24, 2.45) is 10.2 Å². The van der Waals surface area contributed by atoms with E-state index < -0.39 is 12.0 Å². The molecule has 0 saturated heterocycles. The smallest absolute Gasteiger partial charge is 0.254 e. The Morgan fingerprint density at radius 1 is 1.39 bits per heavy atom. The number of aliphatic hydroxyl groups excluding tert-OH is 1. The number of aliphatic hydroxyl groups is 1. The molecule has 0 saturated carbocycles. The molecule has 3 rings (SSSR count). The van der Waals surface area contributed by atoms with E-state index in [4.69, 9.17) is 0 Å². The second kappa shape index (κ2) is 5.81. The van der Waals surface area contributed by atoms with Gasteiger partial charge in [0, 0.05) is 11.5 Å². The molecule has 3 aromatic heterocycles. The van der Waals surface area contributed by atoms with Crippen LogP contribution in [-0.4, -0.2) is 46.3 Å². The van der Waals surface area contributed by atoms with Gasteiger partial charge in [-0.15, -0.1) is 20.0 Å². The highest BCUT2D eigenvalue weighted by Gasteiger charge is 2.20. The third-order valence-corrected chi connectivity index (χ3v) is 3.44. The maximum Gasteiger partial charge on any atom is 0.254 e. The zero-order valence-electron chi connectivity index (χ0n) is 12.5. The highest BCUT2D eigenvalue weighted by Crippen LogP contribution is 2.30. The topological polar surface area (TPSA) is 146 Å². The molecular formula is C11H13N9O2S. The Hall–Kier alpha value is -2.73. The van der Waals surface area contributed by atoms with Gasteiger partial charge in [0.05, 0.1) is 0 Å². The van der Waals surface area contributed by atoms with Gasteiger partial charge in [0.1, 0.15) is 17.8 Å². The van der Waals surface area contributed by atoms with Crippen LogP contribution in [-0.2, 0) is 4.79 Å². The van der Waals surface area contributed by atoms with Gasteiger partial charge in [0.15, 0.2) is 11.5 Å². The molecule has 0 spiro atoms. The summed E-state index contributed by atoms with van der Waals surface area (Å²) >= 11 is 1.10. The van der Waals surface area contributed by atoms with Gasteiger partial charge in [-0.05, 0) is 20.8 Å². The number of rotatable bonds is 4. The number of carbonyl (C=O) groups is 1. The van der Waals surface area contributed by atoms with Crippen molar-refractivity contribution in [2.75, 3.05) is 5.32 Å². The Morgan fingerprint density at radius 3 is 2.83 bits per heavy atom. The minimum absolute atomic E-state index is 0.139. The Labute approximate surface area is 133 Å². The highest BCUT2D eigenvalue weighted by atomic mass is 32.1. The van der Waals surface area contributed by atoms with Crippen molar-refractivity contribution < 1.29 is 9.90 Å². The lowest BCUT2D eigenvalue weighted by molar-refractivity contribution is -0.123. The molecule has 0 aliphatic heterocycles. The third-order valence-electron chi connectivity index (χ3n) is 2.75. The zero-order valence-corrected chi connectivity index (χ0v) is 13.3. The number of nitrogens with one attached hydrogen (secondary N) is 2. The number of aromatic nitrogens is 6. The van der Waals surface area contributed by atoms with Gasteiger partial charge in [-0.3, -0.25) is 9.89 Å². The first-order chi connectivity index (χ1) is 10.9. The molecule has 3 aromatic rings. The molecule has 0 radical (unpaired) electrons. The number of amides is 1. The molecule has 1 unspecified atom stereocenters. The number of hydrogen-bond acceptors (Lipinski definition) is 9. The number of azo groups is 1. The zero-order chi connectivity index (χ0) is 16.6. The van der Waals surface area contributed by atoms with Crippen molar-refractivity contribution in [3.63, 3.8) is 0 Å². The van der Waals surface area contributed by atoms with Crippen molar-refractivity contribution in [1.29, 1.82) is 0 Å². The normalized spacial score (nSPS) is 13.0. The molecule has 120 valence electrons. The predicted octanol–water partition coefficient (Wildman–Crippen LogP) is 1.26. The quantitative estimate of drug-likeness (QED) is 0.612. The SMILES string of the molecule is Cc1nsc(N=Nc2c(NC(=O)C(C)O)nn3[nH]c(C)nc23)n1. The summed E-state index contributed by atoms with van der Waals surface area (Å²) in [5, 5.41) is 27.3. The van der Waals surface area contributed by atoms with E-state index in [9.17, 15) is 9.90 Å². The molecule has 1 amide bonds. The number of fused-ring (bicyclic) bond motifs is 1. The summed E-state index contributed by atoms with van der Waals surface area (Å²) in [6.07, 6.45) is -1.18. The Kier molecular flexibility index (Phi) is 3.83. The lowest BCUT2D eigenvalue weighted by atomic mass is 10.4. The maximum atomic E-state index is 11.7. The van der Waals surface area contributed by atoms with Crippen LogP contribution in [0.3, 0.4) is 0 Å². The number of anilines is 1. The molecule has 0 aliphatic rings. The molecule has 0 bridgehead atoms. The van der Waals surface area contributed by atoms with E-state index in [1.807, 2.05) is 0 Å². The predicted molar refractivity (Wildman–Crippen MR) is 81.2 cm³/mol. The summed E-state index contributed by atoms with van der Waals surface area (Å²) in [4.78, 5) is 20.0. The first-order valence-corrected chi connectivity index (χ1v) is 7.37. The number of carbonyl (C=O) groups excluding carboxylic acids is 1. The summed E-state index contributed by atoms with van der Waals surface area (Å²) in [6, 6.07) is 0. The molecule has 1 atom stereocenters. The van der Waals surface area contributed by atoms with E-state index in [-0.39, 0.29) is 11.5 Å². The van der Waals surface area contributed by atoms with Gasteiger partial charge in [0.2, 0.25) is 10.8 Å². The monoisotopic (exact) mass is 335 g/mol. The van der Waals surface area contributed by atoms with Crippen LogP contribution in [0.15, 0.2) is 10.2 Å². The van der Waals surface area contributed by atoms with Crippen LogP contribution in [0.5, 0.6) is 0 Å². The largest absolute Gasteiger partial charge is 0.384 e.